The molecule has 2 aromatic carbocycles. The van der Waals surface area contributed by atoms with E-state index in [2.05, 4.69) is 46.1 Å². The highest BCUT2D eigenvalue weighted by molar-refractivity contribution is 5.90. The molecule has 0 aliphatic rings. The molecule has 0 unspecified atom stereocenters. The third-order valence-corrected chi connectivity index (χ3v) is 4.79. The van der Waals surface area contributed by atoms with Gasteiger partial charge in [-0.05, 0) is 42.7 Å². The Morgan fingerprint density at radius 3 is 2.62 bits per heavy atom. The number of methoxy groups -OCH3 is 1. The normalized spacial score (nSPS) is 11.2. The van der Waals surface area contributed by atoms with Crippen molar-refractivity contribution < 1.29 is 14.3 Å². The second-order valence-corrected chi connectivity index (χ2v) is 7.58. The van der Waals surface area contributed by atoms with Crippen LogP contribution in [0.2, 0.25) is 0 Å². The van der Waals surface area contributed by atoms with Crippen molar-refractivity contribution in [3.05, 3.63) is 59.2 Å². The minimum Gasteiger partial charge on any atom is -0.493 e. The van der Waals surface area contributed by atoms with Gasteiger partial charge in [0.15, 0.2) is 5.96 Å². The Kier molecular flexibility index (Phi) is 11.1. The lowest BCUT2D eigenvalue weighted by Gasteiger charge is -2.16. The van der Waals surface area contributed by atoms with Crippen LogP contribution in [0.5, 0.6) is 5.75 Å². The lowest BCUT2D eigenvalue weighted by atomic mass is 10.1. The zero-order valence-corrected chi connectivity index (χ0v) is 19.7. The first-order chi connectivity index (χ1) is 15.5. The molecule has 7 nitrogen and oxygen atoms in total. The van der Waals surface area contributed by atoms with Crippen LogP contribution in [0.25, 0.3) is 0 Å². The number of carbonyl (C=O) groups excluding carboxylic acids is 1. The Hall–Kier alpha value is -3.06. The van der Waals surface area contributed by atoms with Crippen LogP contribution in [-0.2, 0) is 22.6 Å². The first-order valence-corrected chi connectivity index (χ1v) is 11.1. The third-order valence-electron chi connectivity index (χ3n) is 4.79. The van der Waals surface area contributed by atoms with Crippen LogP contribution in [0.1, 0.15) is 42.9 Å². The van der Waals surface area contributed by atoms with E-state index in [-0.39, 0.29) is 5.91 Å². The average molecular weight is 441 g/mol. The van der Waals surface area contributed by atoms with Gasteiger partial charge in [-0.2, -0.15) is 0 Å². The fourth-order valence-corrected chi connectivity index (χ4v) is 3.12. The van der Waals surface area contributed by atoms with Gasteiger partial charge in [0, 0.05) is 57.9 Å². The summed E-state index contributed by atoms with van der Waals surface area (Å²) in [6.07, 6.45) is 2.20. The number of amides is 1. The molecule has 0 aromatic heterocycles. The number of carbonyl (C=O) groups is 1. The van der Waals surface area contributed by atoms with Gasteiger partial charge in [0.2, 0.25) is 5.91 Å². The van der Waals surface area contributed by atoms with Crippen molar-refractivity contribution in [3.8, 4) is 5.75 Å². The predicted octanol–water partition coefficient (Wildman–Crippen LogP) is 4.01. The standard InChI is InChI=1S/C25H36N4O3/c1-5-8-24(30)29-22-10-6-9-20(16-22)17-27-25(26-3)28-18-21-12-11-19(2)15-23(21)32-14-7-13-31-4/h6,9-12,15-16H,5,7-8,13-14,17-18H2,1-4H3,(H,29,30)(H2,26,27,28). The van der Waals surface area contributed by atoms with E-state index < -0.39 is 0 Å². The molecule has 0 radical (unpaired) electrons. The Balaban J connectivity index is 1.90. The molecule has 32 heavy (non-hydrogen) atoms. The molecule has 1 amide bonds. The second kappa shape index (κ2) is 14.1. The average Bonchev–Trinajstić information content (AvgIpc) is 2.78. The van der Waals surface area contributed by atoms with Gasteiger partial charge >= 0.3 is 0 Å². The van der Waals surface area contributed by atoms with Gasteiger partial charge in [0.1, 0.15) is 5.75 Å². The van der Waals surface area contributed by atoms with Crippen molar-refractivity contribution >= 4 is 17.6 Å². The van der Waals surface area contributed by atoms with Gasteiger partial charge in [-0.1, -0.05) is 31.2 Å². The van der Waals surface area contributed by atoms with Gasteiger partial charge < -0.3 is 25.4 Å². The van der Waals surface area contributed by atoms with Crippen molar-refractivity contribution in [2.75, 3.05) is 32.7 Å². The number of benzene rings is 2. The number of rotatable bonds is 12. The molecule has 3 N–H and O–H groups in total. The summed E-state index contributed by atoms with van der Waals surface area (Å²) >= 11 is 0. The van der Waals surface area contributed by atoms with Crippen LogP contribution < -0.4 is 20.7 Å². The van der Waals surface area contributed by atoms with Crippen LogP contribution in [0.4, 0.5) is 5.69 Å². The highest BCUT2D eigenvalue weighted by Crippen LogP contribution is 2.20. The molecule has 174 valence electrons. The fraction of sp³-hybridized carbons (Fsp3) is 0.440. The molecule has 0 atom stereocenters. The molecule has 0 spiro atoms. The largest absolute Gasteiger partial charge is 0.493 e. The molecule has 2 aromatic rings. The number of nitrogens with zero attached hydrogens (tertiary/aromatic N) is 1. The maximum atomic E-state index is 11.8. The molecule has 2 rings (SSSR count). The van der Waals surface area contributed by atoms with E-state index in [0.29, 0.717) is 38.7 Å². The first kappa shape index (κ1) is 25.2. The van der Waals surface area contributed by atoms with Crippen LogP contribution in [0.3, 0.4) is 0 Å². The molecule has 0 saturated carbocycles. The minimum absolute atomic E-state index is 0.0356. The summed E-state index contributed by atoms with van der Waals surface area (Å²) in [5, 5.41) is 9.60. The summed E-state index contributed by atoms with van der Waals surface area (Å²) in [6, 6.07) is 14.0. The van der Waals surface area contributed by atoms with Gasteiger partial charge in [-0.25, -0.2) is 0 Å². The van der Waals surface area contributed by atoms with E-state index in [1.54, 1.807) is 14.2 Å². The maximum Gasteiger partial charge on any atom is 0.224 e. The number of hydrogen-bond acceptors (Lipinski definition) is 4. The summed E-state index contributed by atoms with van der Waals surface area (Å²) in [7, 11) is 3.44. The quantitative estimate of drug-likeness (QED) is 0.264. The maximum absolute atomic E-state index is 11.8. The molecule has 0 bridgehead atoms. The Morgan fingerprint density at radius 2 is 1.88 bits per heavy atom. The highest BCUT2D eigenvalue weighted by atomic mass is 16.5. The van der Waals surface area contributed by atoms with Crippen LogP contribution >= 0.6 is 0 Å². The van der Waals surface area contributed by atoms with Crippen LogP contribution in [-0.4, -0.2) is 39.2 Å². The summed E-state index contributed by atoms with van der Waals surface area (Å²) in [4.78, 5) is 16.1. The summed E-state index contributed by atoms with van der Waals surface area (Å²) in [5.74, 6) is 1.60. The number of anilines is 1. The van der Waals surface area contributed by atoms with Crippen LogP contribution in [0, 0.1) is 6.92 Å². The van der Waals surface area contributed by atoms with Gasteiger partial charge in [-0.3, -0.25) is 9.79 Å². The number of nitrogens with one attached hydrogen (secondary N) is 3. The molecule has 0 aliphatic heterocycles. The van der Waals surface area contributed by atoms with Crippen molar-refractivity contribution in [2.24, 2.45) is 4.99 Å². The van der Waals surface area contributed by atoms with Gasteiger partial charge in [0.05, 0.1) is 6.61 Å². The van der Waals surface area contributed by atoms with Crippen molar-refractivity contribution in [1.29, 1.82) is 0 Å². The number of aliphatic imine (C=N–C) groups is 1. The Labute approximate surface area is 191 Å². The monoisotopic (exact) mass is 440 g/mol. The molecule has 0 saturated heterocycles. The van der Waals surface area contributed by atoms with E-state index in [1.165, 1.54) is 0 Å². The van der Waals surface area contributed by atoms with E-state index in [4.69, 9.17) is 9.47 Å². The topological polar surface area (TPSA) is 84.0 Å². The molecular formula is C25H36N4O3. The predicted molar refractivity (Wildman–Crippen MR) is 130 cm³/mol. The van der Waals surface area contributed by atoms with Crippen molar-refractivity contribution in [1.82, 2.24) is 10.6 Å². The molecule has 0 aliphatic carbocycles. The first-order valence-electron chi connectivity index (χ1n) is 11.1. The number of guanidine groups is 1. The van der Waals surface area contributed by atoms with E-state index in [0.717, 1.165) is 41.0 Å². The third kappa shape index (κ3) is 8.98. The molecule has 0 fully saturated rings. The smallest absolute Gasteiger partial charge is 0.224 e. The second-order valence-electron chi connectivity index (χ2n) is 7.58. The zero-order chi connectivity index (χ0) is 23.2. The van der Waals surface area contributed by atoms with E-state index >= 15 is 0 Å². The molecule has 0 heterocycles. The number of aryl methyl sites for hydroxylation is 1. The highest BCUT2D eigenvalue weighted by Gasteiger charge is 2.07. The van der Waals surface area contributed by atoms with Crippen LogP contribution in [0.15, 0.2) is 47.5 Å². The Morgan fingerprint density at radius 1 is 1.06 bits per heavy atom. The molecular weight excluding hydrogens is 404 g/mol. The summed E-state index contributed by atoms with van der Waals surface area (Å²) in [5.41, 5.74) is 4.08. The Bertz CT molecular complexity index is 883. The van der Waals surface area contributed by atoms with Gasteiger partial charge in [0.25, 0.3) is 0 Å². The summed E-state index contributed by atoms with van der Waals surface area (Å²) in [6.45, 7) is 6.52. The summed E-state index contributed by atoms with van der Waals surface area (Å²) < 4.78 is 11.1. The SMILES string of the molecule is CCCC(=O)Nc1cccc(CNC(=NC)NCc2ccc(C)cc2OCCCOC)c1. The van der Waals surface area contributed by atoms with E-state index in [9.17, 15) is 4.79 Å². The molecule has 7 heteroatoms. The lowest BCUT2D eigenvalue weighted by molar-refractivity contribution is -0.116. The number of ether oxygens (including phenoxy) is 2. The van der Waals surface area contributed by atoms with E-state index in [1.807, 2.05) is 31.2 Å². The number of hydrogen-bond donors (Lipinski definition) is 3. The lowest BCUT2D eigenvalue weighted by Crippen LogP contribution is -2.36. The zero-order valence-electron chi connectivity index (χ0n) is 19.7. The van der Waals surface area contributed by atoms with Crippen molar-refractivity contribution in [3.63, 3.8) is 0 Å². The fourth-order valence-electron chi connectivity index (χ4n) is 3.12. The van der Waals surface area contributed by atoms with Crippen molar-refractivity contribution in [2.45, 2.75) is 46.2 Å². The minimum atomic E-state index is 0.0356. The van der Waals surface area contributed by atoms with Gasteiger partial charge in [-0.15, -0.1) is 0 Å².